The van der Waals surface area contributed by atoms with Crippen LogP contribution in [-0.2, 0) is 6.42 Å². The van der Waals surface area contributed by atoms with Gasteiger partial charge in [0.25, 0.3) is 0 Å². The van der Waals surface area contributed by atoms with Gasteiger partial charge in [0.05, 0.1) is 0 Å². The van der Waals surface area contributed by atoms with E-state index in [0.29, 0.717) is 0 Å². The minimum atomic E-state index is 0.852. The van der Waals surface area contributed by atoms with E-state index < -0.39 is 0 Å². The maximum Gasteiger partial charge on any atom is 0.0487 e. The van der Waals surface area contributed by atoms with E-state index in [1.54, 1.807) is 0 Å². The Morgan fingerprint density at radius 1 is 0.538 bits per heavy atom. The zero-order valence-electron chi connectivity index (χ0n) is 14.1. The molecule has 6 rings (SSSR count). The zero-order chi connectivity index (χ0) is 17.3. The molecule has 0 radical (unpaired) electrons. The molecule has 0 nitrogen and oxygen atoms in total. The Balaban J connectivity index is 1.85. The summed E-state index contributed by atoms with van der Waals surface area (Å²) >= 11 is 6.56. The van der Waals surface area contributed by atoms with Crippen LogP contribution in [0.5, 0.6) is 0 Å². The van der Waals surface area contributed by atoms with Crippen LogP contribution in [0.25, 0.3) is 43.4 Å². The normalized spacial score (nSPS) is 12.7. The predicted octanol–water partition coefficient (Wildman–Crippen LogP) is 7.37. The highest BCUT2D eigenvalue weighted by atomic mass is 35.5. The molecule has 1 aliphatic carbocycles. The molecule has 0 bridgehead atoms. The lowest BCUT2D eigenvalue weighted by Crippen LogP contribution is -1.86. The van der Waals surface area contributed by atoms with Crippen LogP contribution in [0.1, 0.15) is 11.1 Å². The van der Waals surface area contributed by atoms with Crippen LogP contribution < -0.4 is 0 Å². The summed E-state index contributed by atoms with van der Waals surface area (Å²) in [5.41, 5.74) is 5.21. The van der Waals surface area contributed by atoms with Crippen LogP contribution in [0.4, 0.5) is 0 Å². The van der Waals surface area contributed by atoms with E-state index in [0.717, 1.165) is 11.4 Å². The molecule has 1 heteroatoms. The van der Waals surface area contributed by atoms with Crippen molar-refractivity contribution in [2.45, 2.75) is 6.42 Å². The minimum absolute atomic E-state index is 0.852. The lowest BCUT2D eigenvalue weighted by atomic mass is 9.91. The molecule has 0 spiro atoms. The number of hydrogen-bond donors (Lipinski definition) is 0. The number of rotatable bonds is 0. The van der Waals surface area contributed by atoms with Gasteiger partial charge < -0.3 is 0 Å². The number of benzene rings is 5. The summed E-state index contributed by atoms with van der Waals surface area (Å²) in [6.07, 6.45) is 0.961. The summed E-state index contributed by atoms with van der Waals surface area (Å²) in [4.78, 5) is 0. The van der Waals surface area contributed by atoms with Gasteiger partial charge in [0.2, 0.25) is 0 Å². The fraction of sp³-hybridized carbons (Fsp3) is 0.0400. The Labute approximate surface area is 156 Å². The van der Waals surface area contributed by atoms with E-state index in [4.69, 9.17) is 11.6 Å². The Kier molecular flexibility index (Phi) is 2.81. The van der Waals surface area contributed by atoms with Crippen LogP contribution >= 0.6 is 11.6 Å². The lowest BCUT2D eigenvalue weighted by molar-refractivity contribution is 1.27. The van der Waals surface area contributed by atoms with Crippen LogP contribution in [0.3, 0.4) is 0 Å². The molecule has 0 saturated heterocycles. The van der Waals surface area contributed by atoms with Crippen molar-refractivity contribution >= 4 is 43.9 Å². The summed E-state index contributed by atoms with van der Waals surface area (Å²) in [6, 6.07) is 28.4. The standard InChI is InChI=1S/C25H15Cl/c26-24-11-5-6-15-12-16-13-22-19-9-3-1-7-17(19)18-8-2-4-10-20(18)23(22)14-21(16)25(15)24/h1-11,13-14H,12H2. The topological polar surface area (TPSA) is 0 Å². The van der Waals surface area contributed by atoms with Gasteiger partial charge in [-0.15, -0.1) is 0 Å². The molecule has 26 heavy (non-hydrogen) atoms. The highest BCUT2D eigenvalue weighted by molar-refractivity contribution is 6.34. The molecule has 0 aromatic heterocycles. The SMILES string of the molecule is Clc1cccc2c1-c1cc3c4ccccc4c4ccccc4c3cc1C2. The van der Waals surface area contributed by atoms with Crippen molar-refractivity contribution < 1.29 is 0 Å². The average molecular weight is 351 g/mol. The monoisotopic (exact) mass is 350 g/mol. The first-order valence-corrected chi connectivity index (χ1v) is 9.33. The number of fused-ring (bicyclic) bond motifs is 9. The zero-order valence-corrected chi connectivity index (χ0v) is 14.8. The highest BCUT2D eigenvalue weighted by Gasteiger charge is 2.22. The smallest absolute Gasteiger partial charge is 0.0487 e. The van der Waals surface area contributed by atoms with E-state index in [9.17, 15) is 0 Å². The molecular weight excluding hydrogens is 336 g/mol. The molecule has 0 N–H and O–H groups in total. The second kappa shape index (κ2) is 5.09. The molecule has 0 unspecified atom stereocenters. The molecule has 0 atom stereocenters. The average Bonchev–Trinajstić information content (AvgIpc) is 3.06. The van der Waals surface area contributed by atoms with Crippen molar-refractivity contribution in [2.24, 2.45) is 0 Å². The Bertz CT molecular complexity index is 1360. The summed E-state index contributed by atoms with van der Waals surface area (Å²) < 4.78 is 0. The first-order valence-electron chi connectivity index (χ1n) is 8.95. The molecule has 0 heterocycles. The van der Waals surface area contributed by atoms with E-state index in [-0.39, 0.29) is 0 Å². The van der Waals surface area contributed by atoms with E-state index in [1.807, 2.05) is 6.07 Å². The molecule has 0 fully saturated rings. The van der Waals surface area contributed by atoms with E-state index in [1.165, 1.54) is 54.6 Å². The van der Waals surface area contributed by atoms with Crippen LogP contribution in [0.15, 0.2) is 78.9 Å². The molecule has 0 amide bonds. The number of hydrogen-bond acceptors (Lipinski definition) is 0. The van der Waals surface area contributed by atoms with Gasteiger partial charge in [0, 0.05) is 10.6 Å². The Hall–Kier alpha value is -2.83. The summed E-state index contributed by atoms with van der Waals surface area (Å²) in [5.74, 6) is 0. The van der Waals surface area contributed by atoms with Crippen molar-refractivity contribution in [3.05, 3.63) is 95.0 Å². The van der Waals surface area contributed by atoms with Crippen molar-refractivity contribution in [1.82, 2.24) is 0 Å². The molecule has 5 aromatic rings. The van der Waals surface area contributed by atoms with Crippen molar-refractivity contribution in [3.8, 4) is 11.1 Å². The van der Waals surface area contributed by atoms with Crippen LogP contribution in [0.2, 0.25) is 5.02 Å². The fourth-order valence-electron chi connectivity index (χ4n) is 4.60. The maximum atomic E-state index is 6.56. The molecule has 1 aliphatic rings. The van der Waals surface area contributed by atoms with Gasteiger partial charge >= 0.3 is 0 Å². The van der Waals surface area contributed by atoms with Gasteiger partial charge in [-0.2, -0.15) is 0 Å². The first-order chi connectivity index (χ1) is 12.8. The molecular formula is C25H15Cl. The van der Waals surface area contributed by atoms with E-state index >= 15 is 0 Å². The lowest BCUT2D eigenvalue weighted by Gasteiger charge is -2.12. The van der Waals surface area contributed by atoms with Crippen LogP contribution in [0, 0.1) is 0 Å². The second-order valence-electron chi connectivity index (χ2n) is 7.10. The third-order valence-corrected chi connectivity index (χ3v) is 6.03. The summed E-state index contributed by atoms with van der Waals surface area (Å²) in [5, 5.41) is 8.77. The van der Waals surface area contributed by atoms with Gasteiger partial charge in [-0.05, 0) is 73.6 Å². The fourth-order valence-corrected chi connectivity index (χ4v) is 4.89. The van der Waals surface area contributed by atoms with Crippen molar-refractivity contribution in [3.63, 3.8) is 0 Å². The maximum absolute atomic E-state index is 6.56. The summed E-state index contributed by atoms with van der Waals surface area (Å²) in [6.45, 7) is 0. The van der Waals surface area contributed by atoms with Crippen molar-refractivity contribution in [1.29, 1.82) is 0 Å². The third-order valence-electron chi connectivity index (χ3n) is 5.72. The Morgan fingerprint density at radius 3 is 1.77 bits per heavy atom. The summed E-state index contributed by atoms with van der Waals surface area (Å²) in [7, 11) is 0. The van der Waals surface area contributed by atoms with Gasteiger partial charge in [-0.3, -0.25) is 0 Å². The first kappa shape index (κ1) is 14.4. The second-order valence-corrected chi connectivity index (χ2v) is 7.50. The highest BCUT2D eigenvalue weighted by Crippen LogP contribution is 2.45. The van der Waals surface area contributed by atoms with Gasteiger partial charge in [-0.1, -0.05) is 72.3 Å². The Morgan fingerprint density at radius 2 is 1.12 bits per heavy atom. The third kappa shape index (κ3) is 1.80. The quantitative estimate of drug-likeness (QED) is 0.251. The van der Waals surface area contributed by atoms with Gasteiger partial charge in [-0.25, -0.2) is 0 Å². The largest absolute Gasteiger partial charge is 0.0837 e. The van der Waals surface area contributed by atoms with Crippen molar-refractivity contribution in [2.75, 3.05) is 0 Å². The van der Waals surface area contributed by atoms with E-state index in [2.05, 4.69) is 72.8 Å². The van der Waals surface area contributed by atoms with Gasteiger partial charge in [0.1, 0.15) is 0 Å². The molecule has 0 aliphatic heterocycles. The van der Waals surface area contributed by atoms with Gasteiger partial charge in [0.15, 0.2) is 0 Å². The minimum Gasteiger partial charge on any atom is -0.0837 e. The number of halogens is 1. The van der Waals surface area contributed by atoms with Crippen LogP contribution in [-0.4, -0.2) is 0 Å². The molecule has 5 aromatic carbocycles. The molecule has 0 saturated carbocycles. The molecule has 122 valence electrons. The predicted molar refractivity (Wildman–Crippen MR) is 112 cm³/mol.